The maximum atomic E-state index is 11.0. The molecular weight excluding hydrogens is 186 g/mol. The molecular formula is C13H17NO. The fraction of sp³-hybridized carbons (Fsp3) is 0.462. The first-order chi connectivity index (χ1) is 7.15. The highest BCUT2D eigenvalue weighted by molar-refractivity contribution is 5.73. The third kappa shape index (κ3) is 2.38. The van der Waals surface area contributed by atoms with Crippen LogP contribution in [0.4, 0.5) is 0 Å². The molecule has 0 bridgehead atoms. The minimum Gasteiger partial charge on any atom is -0.353 e. The average Bonchev–Trinajstić information content (AvgIpc) is 2.17. The lowest BCUT2D eigenvalue weighted by Gasteiger charge is -2.25. The van der Waals surface area contributed by atoms with Gasteiger partial charge in [-0.25, -0.2) is 0 Å². The Balaban J connectivity index is 2.13. The summed E-state index contributed by atoms with van der Waals surface area (Å²) < 4.78 is 0. The molecule has 1 amide bonds. The van der Waals surface area contributed by atoms with Crippen LogP contribution in [-0.2, 0) is 17.6 Å². The molecule has 1 aromatic rings. The Kier molecular flexibility index (Phi) is 2.76. The monoisotopic (exact) mass is 203 g/mol. The number of hydrogen-bond donors (Lipinski definition) is 1. The molecule has 2 heteroatoms. The lowest BCUT2D eigenvalue weighted by Crippen LogP contribution is -2.37. The fourth-order valence-corrected chi connectivity index (χ4v) is 2.29. The molecule has 1 aromatic carbocycles. The van der Waals surface area contributed by atoms with Gasteiger partial charge in [-0.05, 0) is 37.3 Å². The van der Waals surface area contributed by atoms with Crippen LogP contribution in [0.25, 0.3) is 0 Å². The number of carbonyl (C=O) groups is 1. The maximum Gasteiger partial charge on any atom is 0.217 e. The number of carbonyl (C=O) groups excluding carboxylic acids is 1. The smallest absolute Gasteiger partial charge is 0.217 e. The normalized spacial score (nSPS) is 19.5. The molecule has 0 aliphatic heterocycles. The van der Waals surface area contributed by atoms with Crippen LogP contribution < -0.4 is 5.32 Å². The van der Waals surface area contributed by atoms with Crippen molar-refractivity contribution in [2.24, 2.45) is 0 Å². The number of nitrogens with one attached hydrogen (secondary N) is 1. The number of benzene rings is 1. The molecule has 1 aliphatic rings. The van der Waals surface area contributed by atoms with Crippen molar-refractivity contribution in [2.75, 3.05) is 0 Å². The Labute approximate surface area is 90.7 Å². The van der Waals surface area contributed by atoms with E-state index in [9.17, 15) is 4.79 Å². The van der Waals surface area contributed by atoms with Crippen LogP contribution in [-0.4, -0.2) is 11.9 Å². The van der Waals surface area contributed by atoms with Crippen molar-refractivity contribution in [2.45, 2.75) is 39.2 Å². The molecule has 0 spiro atoms. The van der Waals surface area contributed by atoms with E-state index >= 15 is 0 Å². The van der Waals surface area contributed by atoms with Gasteiger partial charge in [-0.15, -0.1) is 0 Å². The number of amides is 1. The first kappa shape index (κ1) is 10.2. The van der Waals surface area contributed by atoms with Crippen LogP contribution in [0.3, 0.4) is 0 Å². The van der Waals surface area contributed by atoms with E-state index in [0.717, 1.165) is 19.3 Å². The van der Waals surface area contributed by atoms with Gasteiger partial charge in [0.1, 0.15) is 0 Å². The summed E-state index contributed by atoms with van der Waals surface area (Å²) in [5.74, 6) is 0.0792. The Morgan fingerprint density at radius 3 is 2.93 bits per heavy atom. The topological polar surface area (TPSA) is 29.1 Å². The molecule has 2 rings (SSSR count). The van der Waals surface area contributed by atoms with E-state index in [2.05, 4.69) is 30.4 Å². The molecule has 0 aromatic heterocycles. The molecule has 15 heavy (non-hydrogen) atoms. The predicted molar refractivity (Wildman–Crippen MR) is 60.8 cm³/mol. The molecule has 0 saturated carbocycles. The highest BCUT2D eigenvalue weighted by Gasteiger charge is 2.18. The maximum absolute atomic E-state index is 11.0. The third-order valence-electron chi connectivity index (χ3n) is 3.00. The summed E-state index contributed by atoms with van der Waals surface area (Å²) in [6, 6.07) is 6.94. The van der Waals surface area contributed by atoms with Gasteiger partial charge >= 0.3 is 0 Å². The van der Waals surface area contributed by atoms with Crippen LogP contribution >= 0.6 is 0 Å². The fourth-order valence-electron chi connectivity index (χ4n) is 2.29. The van der Waals surface area contributed by atoms with Crippen LogP contribution in [0.2, 0.25) is 0 Å². The van der Waals surface area contributed by atoms with Crippen molar-refractivity contribution >= 4 is 5.91 Å². The van der Waals surface area contributed by atoms with Gasteiger partial charge < -0.3 is 5.32 Å². The molecule has 0 fully saturated rings. The summed E-state index contributed by atoms with van der Waals surface area (Å²) in [6.45, 7) is 3.71. The van der Waals surface area contributed by atoms with E-state index in [1.807, 2.05) is 0 Å². The SMILES string of the molecule is CC(=O)NC1CCc2cc(C)ccc2C1. The first-order valence-corrected chi connectivity index (χ1v) is 5.50. The summed E-state index contributed by atoms with van der Waals surface area (Å²) in [6.07, 6.45) is 3.13. The molecule has 0 heterocycles. The molecule has 1 aliphatic carbocycles. The summed E-state index contributed by atoms with van der Waals surface area (Å²) in [4.78, 5) is 11.0. The Morgan fingerprint density at radius 2 is 2.20 bits per heavy atom. The zero-order valence-electron chi connectivity index (χ0n) is 9.34. The Morgan fingerprint density at radius 1 is 1.40 bits per heavy atom. The van der Waals surface area contributed by atoms with Crippen molar-refractivity contribution in [1.29, 1.82) is 0 Å². The molecule has 0 radical (unpaired) electrons. The molecule has 1 atom stereocenters. The van der Waals surface area contributed by atoms with Gasteiger partial charge in [0.15, 0.2) is 0 Å². The van der Waals surface area contributed by atoms with Crippen LogP contribution in [0.15, 0.2) is 18.2 Å². The van der Waals surface area contributed by atoms with Gasteiger partial charge in [0.2, 0.25) is 5.91 Å². The van der Waals surface area contributed by atoms with E-state index < -0.39 is 0 Å². The summed E-state index contributed by atoms with van der Waals surface area (Å²) in [5.41, 5.74) is 4.17. The quantitative estimate of drug-likeness (QED) is 0.743. The molecule has 2 nitrogen and oxygen atoms in total. The number of rotatable bonds is 1. The van der Waals surface area contributed by atoms with Crippen molar-refractivity contribution in [3.05, 3.63) is 34.9 Å². The summed E-state index contributed by atoms with van der Waals surface area (Å²) in [7, 11) is 0. The zero-order valence-corrected chi connectivity index (χ0v) is 9.34. The minimum atomic E-state index is 0.0792. The summed E-state index contributed by atoms with van der Waals surface area (Å²) >= 11 is 0. The highest BCUT2D eigenvalue weighted by Crippen LogP contribution is 2.22. The van der Waals surface area contributed by atoms with Crippen LogP contribution in [0.5, 0.6) is 0 Å². The zero-order chi connectivity index (χ0) is 10.8. The third-order valence-corrected chi connectivity index (χ3v) is 3.00. The first-order valence-electron chi connectivity index (χ1n) is 5.50. The second kappa shape index (κ2) is 4.05. The minimum absolute atomic E-state index is 0.0792. The molecule has 80 valence electrons. The van der Waals surface area contributed by atoms with E-state index in [1.54, 1.807) is 6.92 Å². The lowest BCUT2D eigenvalue weighted by atomic mass is 9.87. The highest BCUT2D eigenvalue weighted by atomic mass is 16.1. The molecule has 1 unspecified atom stereocenters. The lowest BCUT2D eigenvalue weighted by molar-refractivity contribution is -0.119. The van der Waals surface area contributed by atoms with Gasteiger partial charge in [0.05, 0.1) is 0 Å². The van der Waals surface area contributed by atoms with Crippen LogP contribution in [0.1, 0.15) is 30.0 Å². The van der Waals surface area contributed by atoms with E-state index in [1.165, 1.54) is 16.7 Å². The number of hydrogen-bond acceptors (Lipinski definition) is 1. The van der Waals surface area contributed by atoms with Gasteiger partial charge in [-0.2, -0.15) is 0 Å². The number of fused-ring (bicyclic) bond motifs is 1. The standard InChI is InChI=1S/C13H17NO/c1-9-3-4-12-8-13(14-10(2)15)6-5-11(12)7-9/h3-4,7,13H,5-6,8H2,1-2H3,(H,14,15). The molecule has 0 saturated heterocycles. The van der Waals surface area contributed by atoms with E-state index in [4.69, 9.17) is 0 Å². The Hall–Kier alpha value is -1.31. The largest absolute Gasteiger partial charge is 0.353 e. The van der Waals surface area contributed by atoms with Gasteiger partial charge in [0.25, 0.3) is 0 Å². The second-order valence-corrected chi connectivity index (χ2v) is 4.41. The number of aryl methyl sites for hydroxylation is 2. The average molecular weight is 203 g/mol. The second-order valence-electron chi connectivity index (χ2n) is 4.41. The van der Waals surface area contributed by atoms with Crippen molar-refractivity contribution in [3.8, 4) is 0 Å². The predicted octanol–water partition coefficient (Wildman–Crippen LogP) is 1.99. The van der Waals surface area contributed by atoms with Gasteiger partial charge in [-0.1, -0.05) is 23.8 Å². The van der Waals surface area contributed by atoms with Crippen molar-refractivity contribution in [3.63, 3.8) is 0 Å². The van der Waals surface area contributed by atoms with Gasteiger partial charge in [-0.3, -0.25) is 4.79 Å². The van der Waals surface area contributed by atoms with E-state index in [-0.39, 0.29) is 5.91 Å². The van der Waals surface area contributed by atoms with E-state index in [0.29, 0.717) is 6.04 Å². The Bertz CT molecular complexity index is 384. The summed E-state index contributed by atoms with van der Waals surface area (Å²) in [5, 5.41) is 3.00. The molecule has 1 N–H and O–H groups in total. The van der Waals surface area contributed by atoms with Crippen molar-refractivity contribution in [1.82, 2.24) is 5.32 Å². The van der Waals surface area contributed by atoms with Crippen LogP contribution in [0, 0.1) is 6.92 Å². The van der Waals surface area contributed by atoms with Crippen molar-refractivity contribution < 1.29 is 4.79 Å². The van der Waals surface area contributed by atoms with Gasteiger partial charge in [0, 0.05) is 13.0 Å².